The Bertz CT molecular complexity index is 1140. The smallest absolute Gasteiger partial charge is 0.262 e. The van der Waals surface area contributed by atoms with Gasteiger partial charge in [0.2, 0.25) is 5.89 Å². The van der Waals surface area contributed by atoms with Crippen LogP contribution in [0.3, 0.4) is 0 Å². The SMILES string of the molecule is COc1ccc2oc(-c3ccc(NC(=O)COc4ccc(Br)cc4)cc3)nc2c1. The lowest BCUT2D eigenvalue weighted by Gasteiger charge is -2.08. The Balaban J connectivity index is 1.39. The van der Waals surface area contributed by atoms with E-state index >= 15 is 0 Å². The molecule has 4 aromatic rings. The van der Waals surface area contributed by atoms with Crippen LogP contribution in [0, 0.1) is 0 Å². The summed E-state index contributed by atoms with van der Waals surface area (Å²) in [4.78, 5) is 16.6. The number of carbonyl (C=O) groups excluding carboxylic acids is 1. The number of nitrogens with zero attached hydrogens (tertiary/aromatic N) is 1. The number of oxazole rings is 1. The molecule has 3 aromatic carbocycles. The third-order valence-electron chi connectivity index (χ3n) is 4.19. The number of rotatable bonds is 6. The van der Waals surface area contributed by atoms with Crippen molar-refractivity contribution >= 4 is 38.6 Å². The number of carbonyl (C=O) groups is 1. The molecular formula is C22H17BrN2O4. The monoisotopic (exact) mass is 452 g/mol. The van der Waals surface area contributed by atoms with E-state index in [-0.39, 0.29) is 12.5 Å². The molecule has 7 heteroatoms. The second kappa shape index (κ2) is 8.36. The molecule has 4 rings (SSSR count). The first-order valence-electron chi connectivity index (χ1n) is 8.84. The maximum atomic E-state index is 12.1. The van der Waals surface area contributed by atoms with Gasteiger partial charge in [-0.1, -0.05) is 15.9 Å². The largest absolute Gasteiger partial charge is 0.497 e. The van der Waals surface area contributed by atoms with Crippen molar-refractivity contribution in [1.29, 1.82) is 0 Å². The van der Waals surface area contributed by atoms with Gasteiger partial charge in [-0.15, -0.1) is 0 Å². The van der Waals surface area contributed by atoms with Crippen molar-refractivity contribution in [1.82, 2.24) is 4.98 Å². The molecule has 0 aliphatic heterocycles. The van der Waals surface area contributed by atoms with Crippen molar-refractivity contribution in [2.24, 2.45) is 0 Å². The maximum absolute atomic E-state index is 12.1. The fourth-order valence-corrected chi connectivity index (χ4v) is 2.99. The van der Waals surface area contributed by atoms with E-state index in [2.05, 4.69) is 26.2 Å². The lowest BCUT2D eigenvalue weighted by molar-refractivity contribution is -0.118. The Hall–Kier alpha value is -3.32. The van der Waals surface area contributed by atoms with E-state index < -0.39 is 0 Å². The van der Waals surface area contributed by atoms with Crippen LogP contribution >= 0.6 is 15.9 Å². The molecule has 0 bridgehead atoms. The molecule has 1 amide bonds. The van der Waals surface area contributed by atoms with Crippen molar-refractivity contribution < 1.29 is 18.7 Å². The molecule has 0 aliphatic carbocycles. The molecule has 0 unspecified atom stereocenters. The van der Waals surface area contributed by atoms with Crippen LogP contribution in [0.2, 0.25) is 0 Å². The van der Waals surface area contributed by atoms with Crippen LogP contribution < -0.4 is 14.8 Å². The van der Waals surface area contributed by atoms with E-state index in [0.717, 1.165) is 21.3 Å². The summed E-state index contributed by atoms with van der Waals surface area (Å²) in [6, 6.07) is 20.0. The van der Waals surface area contributed by atoms with E-state index in [1.54, 1.807) is 31.4 Å². The second-order valence-corrected chi connectivity index (χ2v) is 7.14. The summed E-state index contributed by atoms with van der Waals surface area (Å²) in [5.41, 5.74) is 2.88. The first-order valence-corrected chi connectivity index (χ1v) is 9.63. The van der Waals surface area contributed by atoms with Crippen LogP contribution in [0.5, 0.6) is 11.5 Å². The molecule has 1 aromatic heterocycles. The van der Waals surface area contributed by atoms with E-state index in [4.69, 9.17) is 13.9 Å². The minimum atomic E-state index is -0.241. The lowest BCUT2D eigenvalue weighted by Crippen LogP contribution is -2.20. The van der Waals surface area contributed by atoms with E-state index in [1.807, 2.05) is 42.5 Å². The molecule has 0 saturated carbocycles. The Labute approximate surface area is 175 Å². The second-order valence-electron chi connectivity index (χ2n) is 6.22. The highest BCUT2D eigenvalue weighted by Crippen LogP contribution is 2.27. The lowest BCUT2D eigenvalue weighted by atomic mass is 10.2. The first kappa shape index (κ1) is 19.0. The summed E-state index contributed by atoms with van der Waals surface area (Å²) in [5, 5.41) is 2.80. The summed E-state index contributed by atoms with van der Waals surface area (Å²) in [6.07, 6.45) is 0. The van der Waals surface area contributed by atoms with Gasteiger partial charge in [0.1, 0.15) is 17.0 Å². The number of nitrogens with one attached hydrogen (secondary N) is 1. The van der Waals surface area contributed by atoms with Gasteiger partial charge in [0, 0.05) is 21.8 Å². The first-order chi connectivity index (χ1) is 14.1. The van der Waals surface area contributed by atoms with Crippen LogP contribution in [0.1, 0.15) is 0 Å². The van der Waals surface area contributed by atoms with Gasteiger partial charge >= 0.3 is 0 Å². The Kier molecular flexibility index (Phi) is 5.48. The Morgan fingerprint density at radius 2 is 1.76 bits per heavy atom. The maximum Gasteiger partial charge on any atom is 0.262 e. The summed E-state index contributed by atoms with van der Waals surface area (Å²) >= 11 is 3.36. The highest BCUT2D eigenvalue weighted by molar-refractivity contribution is 9.10. The van der Waals surface area contributed by atoms with Crippen molar-refractivity contribution in [2.45, 2.75) is 0 Å². The zero-order chi connectivity index (χ0) is 20.2. The molecule has 1 N–H and O–H groups in total. The van der Waals surface area contributed by atoms with Crippen molar-refractivity contribution in [2.75, 3.05) is 19.0 Å². The summed E-state index contributed by atoms with van der Waals surface area (Å²) in [5.74, 6) is 1.62. The molecule has 6 nitrogen and oxygen atoms in total. The van der Waals surface area contributed by atoms with Gasteiger partial charge in [-0.2, -0.15) is 0 Å². The van der Waals surface area contributed by atoms with Gasteiger partial charge in [0.05, 0.1) is 7.11 Å². The fraction of sp³-hybridized carbons (Fsp3) is 0.0909. The summed E-state index contributed by atoms with van der Waals surface area (Å²) in [7, 11) is 1.61. The predicted molar refractivity (Wildman–Crippen MR) is 114 cm³/mol. The number of hydrogen-bond donors (Lipinski definition) is 1. The molecule has 0 radical (unpaired) electrons. The molecule has 0 aliphatic rings. The third-order valence-corrected chi connectivity index (χ3v) is 4.72. The van der Waals surface area contributed by atoms with Gasteiger partial charge in [0.15, 0.2) is 12.2 Å². The Morgan fingerprint density at radius 3 is 2.48 bits per heavy atom. The minimum Gasteiger partial charge on any atom is -0.497 e. The quantitative estimate of drug-likeness (QED) is 0.430. The fourth-order valence-electron chi connectivity index (χ4n) is 2.73. The van der Waals surface area contributed by atoms with Gasteiger partial charge in [0.25, 0.3) is 5.91 Å². The van der Waals surface area contributed by atoms with Gasteiger partial charge < -0.3 is 19.2 Å². The number of fused-ring (bicyclic) bond motifs is 1. The van der Waals surface area contributed by atoms with Gasteiger partial charge in [-0.05, 0) is 60.7 Å². The average molecular weight is 453 g/mol. The molecule has 1 heterocycles. The molecule has 0 atom stereocenters. The van der Waals surface area contributed by atoms with Crippen molar-refractivity contribution in [3.8, 4) is 23.0 Å². The molecule has 146 valence electrons. The van der Waals surface area contributed by atoms with Crippen LogP contribution in [0.25, 0.3) is 22.6 Å². The number of benzene rings is 3. The number of amides is 1. The van der Waals surface area contributed by atoms with Gasteiger partial charge in [-0.3, -0.25) is 4.79 Å². The van der Waals surface area contributed by atoms with Crippen LogP contribution in [0.4, 0.5) is 5.69 Å². The van der Waals surface area contributed by atoms with E-state index in [0.29, 0.717) is 22.9 Å². The van der Waals surface area contributed by atoms with E-state index in [9.17, 15) is 4.79 Å². The summed E-state index contributed by atoms with van der Waals surface area (Å²) < 4.78 is 17.4. The number of hydrogen-bond acceptors (Lipinski definition) is 5. The number of methoxy groups -OCH3 is 1. The highest BCUT2D eigenvalue weighted by atomic mass is 79.9. The zero-order valence-electron chi connectivity index (χ0n) is 15.5. The average Bonchev–Trinajstić information content (AvgIpc) is 3.17. The number of anilines is 1. The topological polar surface area (TPSA) is 73.6 Å². The predicted octanol–water partition coefficient (Wildman–Crippen LogP) is 5.28. The Morgan fingerprint density at radius 1 is 1.03 bits per heavy atom. The molecule has 0 fully saturated rings. The number of aromatic nitrogens is 1. The summed E-state index contributed by atoms with van der Waals surface area (Å²) in [6.45, 7) is -0.0731. The third kappa shape index (κ3) is 4.57. The van der Waals surface area contributed by atoms with E-state index in [1.165, 1.54) is 0 Å². The highest BCUT2D eigenvalue weighted by Gasteiger charge is 2.10. The molecule has 0 saturated heterocycles. The molecule has 0 spiro atoms. The van der Waals surface area contributed by atoms with Crippen LogP contribution in [-0.4, -0.2) is 24.6 Å². The normalized spacial score (nSPS) is 10.7. The number of ether oxygens (including phenoxy) is 2. The standard InChI is InChI=1S/C22H17BrN2O4/c1-27-18-10-11-20-19(12-18)25-22(29-20)14-2-6-16(7-3-14)24-21(26)13-28-17-8-4-15(23)5-9-17/h2-12H,13H2,1H3,(H,24,26). The number of halogens is 1. The minimum absolute atomic E-state index is 0.0731. The van der Waals surface area contributed by atoms with Crippen molar-refractivity contribution in [3.63, 3.8) is 0 Å². The van der Waals surface area contributed by atoms with Crippen LogP contribution in [-0.2, 0) is 4.79 Å². The zero-order valence-corrected chi connectivity index (χ0v) is 17.1. The van der Waals surface area contributed by atoms with Crippen LogP contribution in [0.15, 0.2) is 75.6 Å². The van der Waals surface area contributed by atoms with Crippen molar-refractivity contribution in [3.05, 3.63) is 71.2 Å². The van der Waals surface area contributed by atoms with Gasteiger partial charge in [-0.25, -0.2) is 4.98 Å². The molecular weight excluding hydrogens is 436 g/mol. The molecule has 29 heavy (non-hydrogen) atoms.